The van der Waals surface area contributed by atoms with Crippen molar-refractivity contribution in [3.8, 4) is 0 Å². The van der Waals surface area contributed by atoms with Crippen LogP contribution < -0.4 is 16.4 Å². The van der Waals surface area contributed by atoms with Gasteiger partial charge >= 0.3 is 17.9 Å². The molecule has 0 aromatic carbocycles. The quantitative estimate of drug-likeness (QED) is 0.0641. The van der Waals surface area contributed by atoms with E-state index in [4.69, 9.17) is 15.9 Å². The van der Waals surface area contributed by atoms with Crippen molar-refractivity contribution in [1.82, 2.24) is 15.5 Å². The molecule has 0 spiro atoms. The summed E-state index contributed by atoms with van der Waals surface area (Å²) in [5, 5.41) is 32.1. The average molecular weight is 657 g/mol. The van der Waals surface area contributed by atoms with E-state index in [1.54, 1.807) is 13.8 Å². The minimum absolute atomic E-state index is 0.0595. The fourth-order valence-electron chi connectivity index (χ4n) is 4.70. The summed E-state index contributed by atoms with van der Waals surface area (Å²) in [4.78, 5) is 83.6. The molecule has 0 aromatic heterocycles. The summed E-state index contributed by atoms with van der Waals surface area (Å²) in [6, 6.07) is -2.57. The fourth-order valence-corrected chi connectivity index (χ4v) is 4.70. The van der Waals surface area contributed by atoms with Crippen LogP contribution in [0.1, 0.15) is 123 Å². The van der Waals surface area contributed by atoms with Crippen LogP contribution in [0.25, 0.3) is 0 Å². The largest absolute Gasteiger partial charge is 0.481 e. The SMILES string of the molecule is CC(C)C(=O)CN(CCNC(=O)CC[C@H](NC(=O)CCCCCCCCCCCCCCC(=O)O)C(=O)O)C(=O)[C@@H](N)CC(=O)O. The Balaban J connectivity index is 4.28. The number of nitrogens with two attached hydrogens (primary N) is 1. The molecular weight excluding hydrogens is 600 g/mol. The number of carbonyl (C=O) groups is 7. The van der Waals surface area contributed by atoms with Crippen molar-refractivity contribution < 1.29 is 48.9 Å². The first-order valence-corrected chi connectivity index (χ1v) is 16.5. The lowest BCUT2D eigenvalue weighted by atomic mass is 10.0. The Labute approximate surface area is 272 Å². The molecule has 0 aliphatic heterocycles. The third kappa shape index (κ3) is 22.9. The summed E-state index contributed by atoms with van der Waals surface area (Å²) in [5.74, 6) is -5.50. The van der Waals surface area contributed by atoms with E-state index in [0.29, 0.717) is 6.42 Å². The lowest BCUT2D eigenvalue weighted by Gasteiger charge is -2.25. The van der Waals surface area contributed by atoms with Gasteiger partial charge in [-0.15, -0.1) is 0 Å². The van der Waals surface area contributed by atoms with E-state index < -0.39 is 54.1 Å². The molecule has 0 rings (SSSR count). The zero-order valence-electron chi connectivity index (χ0n) is 27.6. The van der Waals surface area contributed by atoms with Crippen LogP contribution in [0.15, 0.2) is 0 Å². The number of nitrogens with one attached hydrogen (secondary N) is 2. The van der Waals surface area contributed by atoms with E-state index in [0.717, 1.165) is 75.5 Å². The Morgan fingerprint density at radius 3 is 1.63 bits per heavy atom. The van der Waals surface area contributed by atoms with Crippen LogP contribution in [0.4, 0.5) is 0 Å². The number of aliphatic carboxylic acids is 3. The molecule has 0 bridgehead atoms. The third-order valence-corrected chi connectivity index (χ3v) is 7.56. The van der Waals surface area contributed by atoms with E-state index in [-0.39, 0.29) is 57.0 Å². The number of carboxylic acid groups (broad SMARTS) is 3. The number of hydrogen-bond acceptors (Lipinski definition) is 8. The predicted molar refractivity (Wildman–Crippen MR) is 171 cm³/mol. The zero-order valence-corrected chi connectivity index (χ0v) is 27.6. The van der Waals surface area contributed by atoms with Crippen molar-refractivity contribution in [3.05, 3.63) is 0 Å². The van der Waals surface area contributed by atoms with Crippen LogP contribution in [-0.4, -0.2) is 93.4 Å². The molecule has 14 heteroatoms. The molecule has 46 heavy (non-hydrogen) atoms. The molecule has 14 nitrogen and oxygen atoms in total. The number of rotatable bonds is 29. The molecular formula is C32H56N4O10. The van der Waals surface area contributed by atoms with E-state index in [1.807, 2.05) is 0 Å². The highest BCUT2D eigenvalue weighted by Crippen LogP contribution is 2.13. The third-order valence-electron chi connectivity index (χ3n) is 7.56. The first kappa shape index (κ1) is 42.5. The van der Waals surface area contributed by atoms with Gasteiger partial charge in [0.25, 0.3) is 0 Å². The molecule has 264 valence electrons. The number of amides is 3. The Morgan fingerprint density at radius 1 is 0.674 bits per heavy atom. The van der Waals surface area contributed by atoms with Gasteiger partial charge in [0.05, 0.1) is 19.0 Å². The van der Waals surface area contributed by atoms with Crippen molar-refractivity contribution in [2.45, 2.75) is 135 Å². The lowest BCUT2D eigenvalue weighted by molar-refractivity contribution is -0.143. The molecule has 0 fully saturated rings. The van der Waals surface area contributed by atoms with Gasteiger partial charge in [-0.25, -0.2) is 4.79 Å². The van der Waals surface area contributed by atoms with Crippen molar-refractivity contribution in [1.29, 1.82) is 0 Å². The van der Waals surface area contributed by atoms with E-state index in [1.165, 1.54) is 0 Å². The smallest absolute Gasteiger partial charge is 0.326 e. The van der Waals surface area contributed by atoms with Gasteiger partial charge in [-0.2, -0.15) is 0 Å². The van der Waals surface area contributed by atoms with Gasteiger partial charge in [0.2, 0.25) is 17.7 Å². The van der Waals surface area contributed by atoms with Gasteiger partial charge < -0.3 is 36.6 Å². The number of carboxylic acids is 3. The fraction of sp³-hybridized carbons (Fsp3) is 0.781. The monoisotopic (exact) mass is 656 g/mol. The van der Waals surface area contributed by atoms with Crippen molar-refractivity contribution in [3.63, 3.8) is 0 Å². The van der Waals surface area contributed by atoms with Gasteiger partial charge in [-0.05, 0) is 19.3 Å². The molecule has 3 amide bonds. The minimum Gasteiger partial charge on any atom is -0.481 e. The molecule has 0 saturated heterocycles. The minimum atomic E-state index is -1.34. The topological polar surface area (TPSA) is 234 Å². The molecule has 0 heterocycles. The highest BCUT2D eigenvalue weighted by atomic mass is 16.4. The number of Topliss-reactive ketones (excluding diaryl/α,β-unsaturated/α-hetero) is 1. The second kappa shape index (κ2) is 25.6. The summed E-state index contributed by atoms with van der Waals surface area (Å²) < 4.78 is 0. The number of ketones is 1. The van der Waals surface area contributed by atoms with Crippen LogP contribution in [-0.2, 0) is 33.6 Å². The Kier molecular flexibility index (Phi) is 23.6. The molecule has 0 radical (unpaired) electrons. The molecule has 0 unspecified atom stereocenters. The van der Waals surface area contributed by atoms with Gasteiger partial charge in [0, 0.05) is 38.3 Å². The van der Waals surface area contributed by atoms with Crippen molar-refractivity contribution in [2.75, 3.05) is 19.6 Å². The summed E-state index contributed by atoms with van der Waals surface area (Å²) in [5.41, 5.74) is 5.67. The van der Waals surface area contributed by atoms with Crippen LogP contribution >= 0.6 is 0 Å². The molecule has 0 aromatic rings. The highest BCUT2D eigenvalue weighted by molar-refractivity contribution is 5.91. The standard InChI is InChI=1S/C32H56N4O10/c1-23(2)26(37)22-36(31(44)24(33)21-30(42)43)20-19-34-27(38)18-17-25(32(45)46)35-28(39)15-13-11-9-7-5-3-4-6-8-10-12-14-16-29(40)41/h23-25H,3-22,33H2,1-2H3,(H,34,38)(H,35,39)(H,40,41)(H,42,43)(H,45,46)/t24-,25-/m0/s1. The molecule has 7 N–H and O–H groups in total. The summed E-state index contributed by atoms with van der Waals surface area (Å²) in [6.07, 6.45) is 11.6. The maximum atomic E-state index is 12.6. The summed E-state index contributed by atoms with van der Waals surface area (Å²) >= 11 is 0. The number of nitrogens with zero attached hydrogens (tertiary/aromatic N) is 1. The van der Waals surface area contributed by atoms with Crippen LogP contribution in [0.5, 0.6) is 0 Å². The van der Waals surface area contributed by atoms with E-state index in [9.17, 15) is 38.7 Å². The van der Waals surface area contributed by atoms with E-state index >= 15 is 0 Å². The lowest BCUT2D eigenvalue weighted by Crippen LogP contribution is -2.49. The summed E-state index contributed by atoms with van der Waals surface area (Å²) in [6.45, 7) is 2.88. The normalized spacial score (nSPS) is 12.3. The average Bonchev–Trinajstić information content (AvgIpc) is 2.97. The van der Waals surface area contributed by atoms with Crippen molar-refractivity contribution in [2.24, 2.45) is 11.7 Å². The maximum Gasteiger partial charge on any atom is 0.326 e. The first-order valence-electron chi connectivity index (χ1n) is 16.5. The Bertz CT molecular complexity index is 973. The Hall–Kier alpha value is -3.55. The van der Waals surface area contributed by atoms with Crippen molar-refractivity contribution >= 4 is 41.4 Å². The second-order valence-corrected chi connectivity index (χ2v) is 12.1. The molecule has 2 atom stereocenters. The first-order chi connectivity index (χ1) is 21.7. The molecule has 0 aliphatic rings. The van der Waals surface area contributed by atoms with E-state index in [2.05, 4.69) is 10.6 Å². The number of carbonyl (C=O) groups excluding carboxylic acids is 4. The highest BCUT2D eigenvalue weighted by Gasteiger charge is 2.26. The van der Waals surface area contributed by atoms with Gasteiger partial charge in [-0.1, -0.05) is 78.1 Å². The van der Waals surface area contributed by atoms with Crippen LogP contribution in [0, 0.1) is 5.92 Å². The van der Waals surface area contributed by atoms with Crippen LogP contribution in [0.2, 0.25) is 0 Å². The number of unbranched alkanes of at least 4 members (excludes halogenated alkanes) is 11. The molecule has 0 aliphatic carbocycles. The second-order valence-electron chi connectivity index (χ2n) is 12.1. The molecule has 0 saturated carbocycles. The number of hydrogen-bond donors (Lipinski definition) is 6. The van der Waals surface area contributed by atoms with Gasteiger partial charge in [0.15, 0.2) is 5.78 Å². The Morgan fingerprint density at radius 2 is 1.17 bits per heavy atom. The van der Waals surface area contributed by atoms with Gasteiger partial charge in [0.1, 0.15) is 6.04 Å². The predicted octanol–water partition coefficient (Wildman–Crippen LogP) is 2.85. The maximum absolute atomic E-state index is 12.6. The van der Waals surface area contributed by atoms with Gasteiger partial charge in [-0.3, -0.25) is 28.8 Å². The zero-order chi connectivity index (χ0) is 34.9. The summed E-state index contributed by atoms with van der Waals surface area (Å²) in [7, 11) is 0. The van der Waals surface area contributed by atoms with Crippen LogP contribution in [0.3, 0.4) is 0 Å².